The van der Waals surface area contributed by atoms with Crippen molar-refractivity contribution in [2.75, 3.05) is 39.5 Å². The van der Waals surface area contributed by atoms with E-state index in [-0.39, 0.29) is 0 Å². The number of β-amino-alcohol motifs (C(OH)–C–C–N with tert-alkyl or cyclic N) is 1. The Hall–Kier alpha value is -1.10. The Bertz CT molecular complexity index is 402. The largest absolute Gasteiger partial charge is 0.491 e. The zero-order valence-electron chi connectivity index (χ0n) is 12.4. The molecule has 0 amide bonds. The van der Waals surface area contributed by atoms with Gasteiger partial charge >= 0.3 is 0 Å². The zero-order valence-corrected chi connectivity index (χ0v) is 12.4. The van der Waals surface area contributed by atoms with Gasteiger partial charge in [-0.1, -0.05) is 32.0 Å². The average Bonchev–Trinajstić information content (AvgIpc) is 2.46. The van der Waals surface area contributed by atoms with Crippen LogP contribution in [0.15, 0.2) is 24.3 Å². The molecule has 20 heavy (non-hydrogen) atoms. The molecule has 0 aliphatic carbocycles. The molecule has 0 aromatic heterocycles. The van der Waals surface area contributed by atoms with E-state index in [2.05, 4.69) is 24.8 Å². The minimum absolute atomic E-state index is 0.334. The number of nitrogens with zero attached hydrogens (tertiary/aromatic N) is 1. The van der Waals surface area contributed by atoms with Crippen LogP contribution in [0.3, 0.4) is 0 Å². The van der Waals surface area contributed by atoms with Crippen molar-refractivity contribution in [1.29, 1.82) is 0 Å². The highest BCUT2D eigenvalue weighted by atomic mass is 16.5. The maximum Gasteiger partial charge on any atom is 0.122 e. The predicted octanol–water partition coefficient (Wildman–Crippen LogP) is 1.88. The van der Waals surface area contributed by atoms with Crippen LogP contribution in [-0.4, -0.2) is 55.6 Å². The van der Waals surface area contributed by atoms with E-state index in [1.165, 1.54) is 5.56 Å². The van der Waals surface area contributed by atoms with Gasteiger partial charge in [0.2, 0.25) is 0 Å². The molecule has 1 heterocycles. The van der Waals surface area contributed by atoms with Gasteiger partial charge in [-0.25, -0.2) is 0 Å². The quantitative estimate of drug-likeness (QED) is 0.863. The number of para-hydroxylation sites is 1. The Morgan fingerprint density at radius 1 is 1.25 bits per heavy atom. The number of ether oxygens (including phenoxy) is 2. The molecule has 1 aliphatic heterocycles. The van der Waals surface area contributed by atoms with Crippen molar-refractivity contribution < 1.29 is 14.6 Å². The molecule has 0 bridgehead atoms. The Labute approximate surface area is 121 Å². The molecule has 4 heteroatoms. The van der Waals surface area contributed by atoms with Gasteiger partial charge in [0.15, 0.2) is 0 Å². The highest BCUT2D eigenvalue weighted by Crippen LogP contribution is 2.25. The molecule has 1 fully saturated rings. The van der Waals surface area contributed by atoms with Crippen molar-refractivity contribution in [3.8, 4) is 5.75 Å². The van der Waals surface area contributed by atoms with Crippen molar-refractivity contribution in [1.82, 2.24) is 4.90 Å². The summed E-state index contributed by atoms with van der Waals surface area (Å²) in [4.78, 5) is 2.21. The number of rotatable bonds is 6. The maximum absolute atomic E-state index is 10.1. The number of benzene rings is 1. The van der Waals surface area contributed by atoms with Crippen LogP contribution in [-0.2, 0) is 4.74 Å². The summed E-state index contributed by atoms with van der Waals surface area (Å²) in [7, 11) is 0. The summed E-state index contributed by atoms with van der Waals surface area (Å²) in [6.07, 6.45) is -0.465. The minimum atomic E-state index is -0.465. The molecule has 1 aromatic carbocycles. The van der Waals surface area contributed by atoms with E-state index in [1.54, 1.807) is 0 Å². The molecule has 0 spiro atoms. The number of hydrogen-bond donors (Lipinski definition) is 1. The number of morpholine rings is 1. The Morgan fingerprint density at radius 3 is 2.65 bits per heavy atom. The van der Waals surface area contributed by atoms with Crippen molar-refractivity contribution in [2.45, 2.75) is 25.9 Å². The molecule has 1 atom stereocenters. The van der Waals surface area contributed by atoms with Gasteiger partial charge in [0.05, 0.1) is 13.2 Å². The third kappa shape index (κ3) is 4.47. The summed E-state index contributed by atoms with van der Waals surface area (Å²) in [5.41, 5.74) is 1.19. The first-order chi connectivity index (χ1) is 9.66. The zero-order chi connectivity index (χ0) is 14.4. The summed E-state index contributed by atoms with van der Waals surface area (Å²) in [5, 5.41) is 10.1. The summed E-state index contributed by atoms with van der Waals surface area (Å²) in [6, 6.07) is 8.03. The van der Waals surface area contributed by atoms with Crippen LogP contribution in [0.2, 0.25) is 0 Å². The third-order valence-corrected chi connectivity index (χ3v) is 3.54. The molecule has 1 saturated heterocycles. The number of aliphatic hydroxyl groups excluding tert-OH is 1. The smallest absolute Gasteiger partial charge is 0.122 e. The summed E-state index contributed by atoms with van der Waals surface area (Å²) in [6.45, 7) is 8.56. The topological polar surface area (TPSA) is 41.9 Å². The number of hydrogen-bond acceptors (Lipinski definition) is 4. The van der Waals surface area contributed by atoms with Crippen LogP contribution in [0.4, 0.5) is 0 Å². The standard InChI is InChI=1S/C16H25NO3/c1-13(2)15-5-3-4-6-16(15)20-12-14(18)11-17-7-9-19-10-8-17/h3-6,13-14,18H,7-12H2,1-2H3/t14-/m0/s1. The van der Waals surface area contributed by atoms with E-state index in [9.17, 15) is 5.11 Å². The molecule has 0 radical (unpaired) electrons. The summed E-state index contributed by atoms with van der Waals surface area (Å²) in [5.74, 6) is 1.30. The van der Waals surface area contributed by atoms with E-state index in [4.69, 9.17) is 9.47 Å². The van der Waals surface area contributed by atoms with Crippen molar-refractivity contribution >= 4 is 0 Å². The molecule has 1 aliphatic rings. The average molecular weight is 279 g/mol. The summed E-state index contributed by atoms with van der Waals surface area (Å²) < 4.78 is 11.1. The van der Waals surface area contributed by atoms with Gasteiger partial charge in [0.1, 0.15) is 18.5 Å². The third-order valence-electron chi connectivity index (χ3n) is 3.54. The molecular formula is C16H25NO3. The van der Waals surface area contributed by atoms with Crippen molar-refractivity contribution in [3.63, 3.8) is 0 Å². The molecule has 2 rings (SSSR count). The second kappa shape index (κ2) is 7.62. The van der Waals surface area contributed by atoms with Gasteiger partial charge in [-0.2, -0.15) is 0 Å². The minimum Gasteiger partial charge on any atom is -0.491 e. The highest BCUT2D eigenvalue weighted by Gasteiger charge is 2.16. The van der Waals surface area contributed by atoms with E-state index >= 15 is 0 Å². The van der Waals surface area contributed by atoms with Gasteiger partial charge in [0, 0.05) is 19.6 Å². The summed E-state index contributed by atoms with van der Waals surface area (Å²) >= 11 is 0. The lowest BCUT2D eigenvalue weighted by atomic mass is 10.0. The Balaban J connectivity index is 1.82. The first-order valence-corrected chi connectivity index (χ1v) is 7.36. The van der Waals surface area contributed by atoms with E-state index in [0.717, 1.165) is 32.1 Å². The van der Waals surface area contributed by atoms with Crippen molar-refractivity contribution in [2.24, 2.45) is 0 Å². The van der Waals surface area contributed by atoms with E-state index in [0.29, 0.717) is 19.1 Å². The number of aliphatic hydroxyl groups is 1. The monoisotopic (exact) mass is 279 g/mol. The molecule has 0 unspecified atom stereocenters. The predicted molar refractivity (Wildman–Crippen MR) is 79.3 cm³/mol. The first-order valence-electron chi connectivity index (χ1n) is 7.36. The fourth-order valence-corrected chi connectivity index (χ4v) is 2.41. The second-order valence-electron chi connectivity index (χ2n) is 5.57. The van der Waals surface area contributed by atoms with Crippen LogP contribution in [0.5, 0.6) is 5.75 Å². The van der Waals surface area contributed by atoms with Gasteiger partial charge in [-0.15, -0.1) is 0 Å². The van der Waals surface area contributed by atoms with Gasteiger partial charge in [-0.3, -0.25) is 4.90 Å². The molecule has 112 valence electrons. The van der Waals surface area contributed by atoms with Gasteiger partial charge < -0.3 is 14.6 Å². The lowest BCUT2D eigenvalue weighted by Crippen LogP contribution is -2.42. The van der Waals surface area contributed by atoms with Gasteiger partial charge in [-0.05, 0) is 17.5 Å². The molecule has 1 aromatic rings. The fraction of sp³-hybridized carbons (Fsp3) is 0.625. The Morgan fingerprint density at radius 2 is 1.95 bits per heavy atom. The van der Waals surface area contributed by atoms with Crippen LogP contribution >= 0.6 is 0 Å². The van der Waals surface area contributed by atoms with E-state index in [1.807, 2.05) is 18.2 Å². The van der Waals surface area contributed by atoms with E-state index < -0.39 is 6.10 Å². The maximum atomic E-state index is 10.1. The van der Waals surface area contributed by atoms with Crippen LogP contribution in [0.1, 0.15) is 25.3 Å². The SMILES string of the molecule is CC(C)c1ccccc1OC[C@@H](O)CN1CCOCC1. The molecule has 4 nitrogen and oxygen atoms in total. The molecule has 0 saturated carbocycles. The Kier molecular flexibility index (Phi) is 5.83. The first kappa shape index (κ1) is 15.3. The van der Waals surface area contributed by atoms with Crippen LogP contribution in [0.25, 0.3) is 0 Å². The van der Waals surface area contributed by atoms with Crippen LogP contribution in [0, 0.1) is 0 Å². The molecule has 1 N–H and O–H groups in total. The normalized spacial score (nSPS) is 18.2. The highest BCUT2D eigenvalue weighted by molar-refractivity contribution is 5.35. The lowest BCUT2D eigenvalue weighted by molar-refractivity contribution is 0.00455. The molecular weight excluding hydrogens is 254 g/mol. The van der Waals surface area contributed by atoms with Gasteiger partial charge in [0.25, 0.3) is 0 Å². The second-order valence-corrected chi connectivity index (χ2v) is 5.57. The fourth-order valence-electron chi connectivity index (χ4n) is 2.41. The van der Waals surface area contributed by atoms with Crippen LogP contribution < -0.4 is 4.74 Å². The van der Waals surface area contributed by atoms with Crippen molar-refractivity contribution in [3.05, 3.63) is 29.8 Å². The lowest BCUT2D eigenvalue weighted by Gasteiger charge is -2.28.